The molecular weight excluding hydrogens is 426 g/mol. The predicted molar refractivity (Wildman–Crippen MR) is 125 cm³/mol. The van der Waals surface area contributed by atoms with E-state index < -0.39 is 28.7 Å². The van der Waals surface area contributed by atoms with Crippen molar-refractivity contribution in [3.8, 4) is 0 Å². The fourth-order valence-electron chi connectivity index (χ4n) is 5.98. The predicted octanol–water partition coefficient (Wildman–Crippen LogP) is 2.26. The normalized spacial score (nSPS) is 34.0. The van der Waals surface area contributed by atoms with Crippen LogP contribution in [0.5, 0.6) is 0 Å². The van der Waals surface area contributed by atoms with Crippen molar-refractivity contribution >= 4 is 35.2 Å². The molecule has 1 spiro atoms. The first-order chi connectivity index (χ1) is 15.3. The number of para-hydroxylation sites is 1. The Bertz CT molecular complexity index is 890. The zero-order chi connectivity index (χ0) is 23.2. The topological polar surface area (TPSA) is 98.7 Å². The molecule has 3 fully saturated rings. The Labute approximate surface area is 193 Å². The van der Waals surface area contributed by atoms with Crippen molar-refractivity contribution in [2.24, 2.45) is 17.8 Å². The van der Waals surface area contributed by atoms with Gasteiger partial charge in [-0.1, -0.05) is 32.0 Å². The number of benzene rings is 1. The zero-order valence-electron chi connectivity index (χ0n) is 19.1. The van der Waals surface area contributed by atoms with Crippen LogP contribution in [0.25, 0.3) is 0 Å². The molecule has 1 aromatic rings. The van der Waals surface area contributed by atoms with Crippen molar-refractivity contribution < 1.29 is 19.5 Å². The van der Waals surface area contributed by atoms with Crippen molar-refractivity contribution in [2.75, 3.05) is 11.9 Å². The lowest BCUT2D eigenvalue weighted by atomic mass is 9.65. The van der Waals surface area contributed by atoms with Gasteiger partial charge in [-0.2, -0.15) is 0 Å². The number of thioether (sulfide) groups is 1. The van der Waals surface area contributed by atoms with E-state index in [0.29, 0.717) is 12.1 Å². The van der Waals surface area contributed by atoms with E-state index in [9.17, 15) is 19.5 Å². The van der Waals surface area contributed by atoms with Crippen LogP contribution >= 0.6 is 11.8 Å². The van der Waals surface area contributed by atoms with Gasteiger partial charge in [0.2, 0.25) is 17.7 Å². The second kappa shape index (κ2) is 8.71. The van der Waals surface area contributed by atoms with Crippen LogP contribution in [0.15, 0.2) is 30.3 Å². The monoisotopic (exact) mass is 459 g/mol. The Balaban J connectivity index is 1.74. The lowest BCUT2D eigenvalue weighted by Crippen LogP contribution is -2.59. The van der Waals surface area contributed by atoms with Gasteiger partial charge in [-0.25, -0.2) is 0 Å². The summed E-state index contributed by atoms with van der Waals surface area (Å²) in [7, 11) is 0. The number of likely N-dealkylation sites (tertiary alicyclic amines) is 1. The molecule has 3 aliphatic rings. The molecule has 3 saturated heterocycles. The number of carbonyl (C=O) groups is 3. The SMILES string of the molecule is CC[C@@H](CO)N1C(=O)[C@@H]2[C@H](C(=O)Nc3ccccc3)[C@@H]3CC(C)C2(S3)C1C(=O)NC(C)C. The van der Waals surface area contributed by atoms with Crippen LogP contribution in [0.4, 0.5) is 5.69 Å². The summed E-state index contributed by atoms with van der Waals surface area (Å²) in [6, 6.07) is 8.05. The first-order valence-corrected chi connectivity index (χ1v) is 12.4. The van der Waals surface area contributed by atoms with Crippen LogP contribution < -0.4 is 10.6 Å². The van der Waals surface area contributed by atoms with Gasteiger partial charge in [-0.3, -0.25) is 14.4 Å². The maximum atomic E-state index is 13.9. The van der Waals surface area contributed by atoms with Crippen LogP contribution in [0, 0.1) is 17.8 Å². The Hall–Kier alpha value is -2.06. The number of aliphatic hydroxyl groups excluding tert-OH is 1. The van der Waals surface area contributed by atoms with E-state index in [4.69, 9.17) is 0 Å². The Morgan fingerprint density at radius 3 is 2.53 bits per heavy atom. The number of amides is 3. The summed E-state index contributed by atoms with van der Waals surface area (Å²) in [5, 5.41) is 16.0. The number of rotatable bonds is 7. The van der Waals surface area contributed by atoms with Gasteiger partial charge in [0.15, 0.2) is 0 Å². The van der Waals surface area contributed by atoms with Crippen LogP contribution in [-0.4, -0.2) is 62.5 Å². The van der Waals surface area contributed by atoms with Gasteiger partial charge < -0.3 is 20.6 Å². The van der Waals surface area contributed by atoms with Gasteiger partial charge in [-0.15, -0.1) is 11.8 Å². The number of anilines is 1. The average molecular weight is 460 g/mol. The van der Waals surface area contributed by atoms with Gasteiger partial charge in [0.25, 0.3) is 0 Å². The highest BCUT2D eigenvalue weighted by atomic mass is 32.2. The number of nitrogens with one attached hydrogen (secondary N) is 2. The highest BCUT2D eigenvalue weighted by molar-refractivity contribution is 8.02. The fourth-order valence-corrected chi connectivity index (χ4v) is 8.39. The second-order valence-corrected chi connectivity index (χ2v) is 11.1. The van der Waals surface area contributed by atoms with Crippen molar-refractivity contribution in [3.05, 3.63) is 30.3 Å². The van der Waals surface area contributed by atoms with Crippen molar-refractivity contribution in [1.82, 2.24) is 10.2 Å². The molecule has 4 rings (SSSR count). The molecule has 8 heteroatoms. The first kappa shape index (κ1) is 23.1. The third-order valence-electron chi connectivity index (χ3n) is 7.28. The van der Waals surface area contributed by atoms with E-state index in [-0.39, 0.29) is 41.5 Å². The summed E-state index contributed by atoms with van der Waals surface area (Å²) in [6.45, 7) is 7.59. The molecule has 7 atom stereocenters. The minimum atomic E-state index is -0.695. The summed E-state index contributed by atoms with van der Waals surface area (Å²) in [5.41, 5.74) is 0.700. The summed E-state index contributed by atoms with van der Waals surface area (Å²) >= 11 is 1.65. The summed E-state index contributed by atoms with van der Waals surface area (Å²) in [4.78, 5) is 42.4. The van der Waals surface area contributed by atoms with E-state index >= 15 is 0 Å². The largest absolute Gasteiger partial charge is 0.394 e. The fraction of sp³-hybridized carbons (Fsp3) is 0.625. The average Bonchev–Trinajstić information content (AvgIpc) is 3.33. The molecule has 0 saturated carbocycles. The smallest absolute Gasteiger partial charge is 0.244 e. The van der Waals surface area contributed by atoms with Gasteiger partial charge >= 0.3 is 0 Å². The minimum absolute atomic E-state index is 0.00614. The number of hydrogen-bond donors (Lipinski definition) is 3. The molecule has 0 aromatic heterocycles. The van der Waals surface area contributed by atoms with Gasteiger partial charge in [0.05, 0.1) is 29.2 Å². The van der Waals surface area contributed by atoms with Crippen molar-refractivity contribution in [2.45, 2.75) is 68.7 Å². The number of carbonyl (C=O) groups excluding carboxylic acids is 3. The maximum Gasteiger partial charge on any atom is 0.244 e. The van der Waals surface area contributed by atoms with E-state index in [1.54, 1.807) is 16.7 Å². The third-order valence-corrected chi connectivity index (χ3v) is 9.36. The molecule has 32 heavy (non-hydrogen) atoms. The van der Waals surface area contributed by atoms with E-state index in [1.807, 2.05) is 51.1 Å². The molecule has 1 aromatic carbocycles. The van der Waals surface area contributed by atoms with Crippen molar-refractivity contribution in [3.63, 3.8) is 0 Å². The van der Waals surface area contributed by atoms with Gasteiger partial charge in [-0.05, 0) is 44.7 Å². The third kappa shape index (κ3) is 3.43. The number of nitrogens with zero attached hydrogens (tertiary/aromatic N) is 1. The zero-order valence-corrected chi connectivity index (χ0v) is 19.9. The highest BCUT2D eigenvalue weighted by Crippen LogP contribution is 2.68. The lowest BCUT2D eigenvalue weighted by molar-refractivity contribution is -0.142. The second-order valence-electron chi connectivity index (χ2n) is 9.56. The Morgan fingerprint density at radius 1 is 1.25 bits per heavy atom. The highest BCUT2D eigenvalue weighted by Gasteiger charge is 2.76. The molecule has 3 aliphatic heterocycles. The number of hydrogen-bond acceptors (Lipinski definition) is 5. The molecular formula is C24H33N3O4S. The molecule has 3 heterocycles. The van der Waals surface area contributed by atoms with Crippen LogP contribution in [0.2, 0.25) is 0 Å². The standard InChI is InChI=1S/C24H33N3O4S/c1-5-16(12-28)27-20(22(30)25-13(2)3)24-14(4)11-17(32-24)18(19(24)23(27)31)21(29)26-15-9-7-6-8-10-15/h6-10,13-14,16-20,28H,5,11-12H2,1-4H3,(H,25,30)(H,26,29)/t14?,16-,17-,18+,19-,20?,24?/m0/s1. The summed E-state index contributed by atoms with van der Waals surface area (Å²) < 4.78 is -0.665. The molecule has 7 nitrogen and oxygen atoms in total. The van der Waals surface area contributed by atoms with Crippen LogP contribution in [0.1, 0.15) is 40.5 Å². The molecule has 0 aliphatic carbocycles. The molecule has 3 N–H and O–H groups in total. The van der Waals surface area contributed by atoms with E-state index in [0.717, 1.165) is 6.42 Å². The Kier molecular flexibility index (Phi) is 6.29. The molecule has 0 radical (unpaired) electrons. The van der Waals surface area contributed by atoms with Crippen LogP contribution in [0.3, 0.4) is 0 Å². The molecule has 2 bridgehead atoms. The number of aliphatic hydroxyl groups is 1. The van der Waals surface area contributed by atoms with Crippen LogP contribution in [-0.2, 0) is 14.4 Å². The van der Waals surface area contributed by atoms with Crippen molar-refractivity contribution in [1.29, 1.82) is 0 Å². The van der Waals surface area contributed by atoms with Gasteiger partial charge in [0.1, 0.15) is 6.04 Å². The molecule has 3 amide bonds. The summed E-state index contributed by atoms with van der Waals surface area (Å²) in [6.07, 6.45) is 1.33. The van der Waals surface area contributed by atoms with E-state index in [1.165, 1.54) is 0 Å². The number of fused-ring (bicyclic) bond motifs is 1. The lowest BCUT2D eigenvalue weighted by Gasteiger charge is -2.40. The minimum Gasteiger partial charge on any atom is -0.394 e. The maximum absolute atomic E-state index is 13.9. The summed E-state index contributed by atoms with van der Waals surface area (Å²) in [5.74, 6) is -1.50. The Morgan fingerprint density at radius 2 is 1.94 bits per heavy atom. The first-order valence-electron chi connectivity index (χ1n) is 11.5. The molecule has 3 unspecified atom stereocenters. The van der Waals surface area contributed by atoms with E-state index in [2.05, 4.69) is 17.6 Å². The van der Waals surface area contributed by atoms with Gasteiger partial charge in [0, 0.05) is 17.0 Å². The quantitative estimate of drug-likeness (QED) is 0.581. The molecule has 174 valence electrons.